The van der Waals surface area contributed by atoms with Crippen LogP contribution in [0.25, 0.3) is 0 Å². The Morgan fingerprint density at radius 1 is 1.38 bits per heavy atom. The van der Waals surface area contributed by atoms with Gasteiger partial charge in [0.15, 0.2) is 0 Å². The zero-order valence-corrected chi connectivity index (χ0v) is 11.1. The molecule has 0 bridgehead atoms. The molecule has 1 rings (SSSR count). The number of nitrogens with one attached hydrogen (secondary N) is 1. The standard InChI is InChI=1S/C13H20ClNO/c1-9(2)10-5-6-13(16-4)11(7-10)12(8-14)15-3/h5-7,9,12,15H,8H2,1-4H3. The molecule has 0 aliphatic carbocycles. The summed E-state index contributed by atoms with van der Waals surface area (Å²) in [5, 5.41) is 3.20. The number of hydrogen-bond donors (Lipinski definition) is 1. The third kappa shape index (κ3) is 2.89. The van der Waals surface area contributed by atoms with Gasteiger partial charge in [0.05, 0.1) is 7.11 Å². The lowest BCUT2D eigenvalue weighted by atomic mass is 9.97. The van der Waals surface area contributed by atoms with Crippen molar-refractivity contribution in [2.45, 2.75) is 25.8 Å². The fourth-order valence-electron chi connectivity index (χ4n) is 1.70. The molecule has 0 heterocycles. The smallest absolute Gasteiger partial charge is 0.123 e. The Kier molecular flexibility index (Phi) is 5.10. The number of rotatable bonds is 5. The molecule has 0 aliphatic rings. The Balaban J connectivity index is 3.15. The molecule has 0 fully saturated rings. The average molecular weight is 242 g/mol. The molecule has 0 radical (unpaired) electrons. The highest BCUT2D eigenvalue weighted by Crippen LogP contribution is 2.29. The van der Waals surface area contributed by atoms with Gasteiger partial charge in [0.25, 0.3) is 0 Å². The third-order valence-electron chi connectivity index (χ3n) is 2.80. The minimum absolute atomic E-state index is 0.135. The lowest BCUT2D eigenvalue weighted by molar-refractivity contribution is 0.404. The van der Waals surface area contributed by atoms with Crippen molar-refractivity contribution in [2.75, 3.05) is 20.0 Å². The molecule has 0 aliphatic heterocycles. The molecule has 1 aromatic carbocycles. The lowest BCUT2D eigenvalue weighted by Crippen LogP contribution is -2.18. The molecule has 1 unspecified atom stereocenters. The van der Waals surface area contributed by atoms with E-state index in [1.165, 1.54) is 5.56 Å². The molecule has 0 saturated carbocycles. The molecular weight excluding hydrogens is 222 g/mol. The second-order valence-electron chi connectivity index (χ2n) is 4.15. The fraction of sp³-hybridized carbons (Fsp3) is 0.538. The van der Waals surface area contributed by atoms with E-state index in [-0.39, 0.29) is 6.04 Å². The zero-order valence-electron chi connectivity index (χ0n) is 10.4. The molecule has 3 heteroatoms. The minimum atomic E-state index is 0.135. The molecule has 2 nitrogen and oxygen atoms in total. The Morgan fingerprint density at radius 3 is 2.50 bits per heavy atom. The van der Waals surface area contributed by atoms with E-state index in [2.05, 4.69) is 31.3 Å². The molecule has 0 spiro atoms. The van der Waals surface area contributed by atoms with E-state index in [1.807, 2.05) is 13.1 Å². The number of halogens is 1. The van der Waals surface area contributed by atoms with Gasteiger partial charge in [-0.15, -0.1) is 11.6 Å². The van der Waals surface area contributed by atoms with Crippen molar-refractivity contribution in [2.24, 2.45) is 0 Å². The van der Waals surface area contributed by atoms with E-state index in [4.69, 9.17) is 16.3 Å². The van der Waals surface area contributed by atoms with Crippen molar-refractivity contribution in [1.82, 2.24) is 5.32 Å². The van der Waals surface area contributed by atoms with Gasteiger partial charge in [0, 0.05) is 17.5 Å². The van der Waals surface area contributed by atoms with Crippen LogP contribution in [0.15, 0.2) is 18.2 Å². The summed E-state index contributed by atoms with van der Waals surface area (Å²) >= 11 is 5.95. The highest BCUT2D eigenvalue weighted by Gasteiger charge is 2.14. The normalized spacial score (nSPS) is 12.9. The summed E-state index contributed by atoms with van der Waals surface area (Å²) in [6.45, 7) is 4.36. The summed E-state index contributed by atoms with van der Waals surface area (Å²) < 4.78 is 5.37. The SMILES string of the molecule is CNC(CCl)c1cc(C(C)C)ccc1OC. The monoisotopic (exact) mass is 241 g/mol. The van der Waals surface area contributed by atoms with Gasteiger partial charge in [0.1, 0.15) is 5.75 Å². The first-order valence-electron chi connectivity index (χ1n) is 5.55. The second-order valence-corrected chi connectivity index (χ2v) is 4.46. The number of methoxy groups -OCH3 is 1. The van der Waals surface area contributed by atoms with Crippen LogP contribution in [0.4, 0.5) is 0 Å². The molecule has 1 N–H and O–H groups in total. The molecule has 1 aromatic rings. The fourth-order valence-corrected chi connectivity index (χ4v) is 2.02. The molecule has 0 saturated heterocycles. The summed E-state index contributed by atoms with van der Waals surface area (Å²) in [4.78, 5) is 0. The molecule has 0 aromatic heterocycles. The van der Waals surface area contributed by atoms with Crippen molar-refractivity contribution in [3.8, 4) is 5.75 Å². The largest absolute Gasteiger partial charge is 0.496 e. The highest BCUT2D eigenvalue weighted by atomic mass is 35.5. The Hall–Kier alpha value is -0.730. The van der Waals surface area contributed by atoms with Gasteiger partial charge in [-0.25, -0.2) is 0 Å². The van der Waals surface area contributed by atoms with Crippen LogP contribution >= 0.6 is 11.6 Å². The predicted octanol–water partition coefficient (Wildman–Crippen LogP) is 3.32. The van der Waals surface area contributed by atoms with Crippen molar-refractivity contribution in [3.05, 3.63) is 29.3 Å². The molecule has 90 valence electrons. The van der Waals surface area contributed by atoms with Crippen molar-refractivity contribution in [1.29, 1.82) is 0 Å². The number of ether oxygens (including phenoxy) is 1. The van der Waals surface area contributed by atoms with Crippen molar-refractivity contribution < 1.29 is 4.74 Å². The van der Waals surface area contributed by atoms with Crippen LogP contribution in [-0.4, -0.2) is 20.0 Å². The van der Waals surface area contributed by atoms with E-state index in [0.717, 1.165) is 11.3 Å². The highest BCUT2D eigenvalue weighted by molar-refractivity contribution is 6.18. The summed E-state index contributed by atoms with van der Waals surface area (Å²) in [6.07, 6.45) is 0. The van der Waals surface area contributed by atoms with E-state index in [1.54, 1.807) is 7.11 Å². The molecule has 16 heavy (non-hydrogen) atoms. The minimum Gasteiger partial charge on any atom is -0.496 e. The van der Waals surface area contributed by atoms with Crippen LogP contribution in [0, 0.1) is 0 Å². The first-order chi connectivity index (χ1) is 7.63. The van der Waals surface area contributed by atoms with Gasteiger partial charge in [-0.05, 0) is 24.6 Å². The van der Waals surface area contributed by atoms with Crippen LogP contribution in [0.2, 0.25) is 0 Å². The average Bonchev–Trinajstić information content (AvgIpc) is 2.30. The van der Waals surface area contributed by atoms with Crippen LogP contribution in [0.5, 0.6) is 5.75 Å². The Morgan fingerprint density at radius 2 is 2.06 bits per heavy atom. The maximum Gasteiger partial charge on any atom is 0.123 e. The van der Waals surface area contributed by atoms with E-state index in [0.29, 0.717) is 11.8 Å². The first kappa shape index (κ1) is 13.3. The van der Waals surface area contributed by atoms with Crippen LogP contribution in [0.3, 0.4) is 0 Å². The lowest BCUT2D eigenvalue weighted by Gasteiger charge is -2.19. The van der Waals surface area contributed by atoms with E-state index in [9.17, 15) is 0 Å². The van der Waals surface area contributed by atoms with Crippen LogP contribution in [-0.2, 0) is 0 Å². The van der Waals surface area contributed by atoms with E-state index >= 15 is 0 Å². The van der Waals surface area contributed by atoms with Gasteiger partial charge >= 0.3 is 0 Å². The third-order valence-corrected chi connectivity index (χ3v) is 3.11. The topological polar surface area (TPSA) is 21.3 Å². The summed E-state index contributed by atoms with van der Waals surface area (Å²) in [5.41, 5.74) is 2.44. The van der Waals surface area contributed by atoms with Crippen LogP contribution in [0.1, 0.15) is 36.9 Å². The van der Waals surface area contributed by atoms with Crippen molar-refractivity contribution in [3.63, 3.8) is 0 Å². The summed E-state index contributed by atoms with van der Waals surface area (Å²) in [5.74, 6) is 1.94. The molecule has 1 atom stereocenters. The maximum atomic E-state index is 5.95. The van der Waals surface area contributed by atoms with Gasteiger partial charge < -0.3 is 10.1 Å². The van der Waals surface area contributed by atoms with Gasteiger partial charge in [-0.3, -0.25) is 0 Å². The molecular formula is C13H20ClNO. The van der Waals surface area contributed by atoms with Gasteiger partial charge in [0.2, 0.25) is 0 Å². The quantitative estimate of drug-likeness (QED) is 0.799. The molecule has 0 amide bonds. The second kappa shape index (κ2) is 6.12. The van der Waals surface area contributed by atoms with Gasteiger partial charge in [-0.2, -0.15) is 0 Å². The number of alkyl halides is 1. The maximum absolute atomic E-state index is 5.95. The number of benzene rings is 1. The first-order valence-corrected chi connectivity index (χ1v) is 6.08. The summed E-state index contributed by atoms with van der Waals surface area (Å²) in [6, 6.07) is 6.43. The summed E-state index contributed by atoms with van der Waals surface area (Å²) in [7, 11) is 3.60. The van der Waals surface area contributed by atoms with E-state index < -0.39 is 0 Å². The van der Waals surface area contributed by atoms with Crippen molar-refractivity contribution >= 4 is 11.6 Å². The number of hydrogen-bond acceptors (Lipinski definition) is 2. The van der Waals surface area contributed by atoms with Crippen LogP contribution < -0.4 is 10.1 Å². The predicted molar refractivity (Wildman–Crippen MR) is 69.6 cm³/mol. The van der Waals surface area contributed by atoms with Gasteiger partial charge in [-0.1, -0.05) is 26.0 Å². The Labute approximate surface area is 103 Å². The zero-order chi connectivity index (χ0) is 12.1. The Bertz CT molecular complexity index is 335.